The van der Waals surface area contributed by atoms with Crippen molar-refractivity contribution in [2.24, 2.45) is 5.73 Å². The fourth-order valence-corrected chi connectivity index (χ4v) is 1.75. The van der Waals surface area contributed by atoms with Crippen LogP contribution in [-0.2, 0) is 0 Å². The van der Waals surface area contributed by atoms with Crippen LogP contribution in [0.3, 0.4) is 0 Å². The number of nitrogens with zero attached hydrogens (tertiary/aromatic N) is 1. The second-order valence-corrected chi connectivity index (χ2v) is 4.30. The molecule has 0 aliphatic rings. The number of unbranched alkanes of at least 4 members (excludes halogenated alkanes) is 2. The van der Waals surface area contributed by atoms with Crippen molar-refractivity contribution in [2.45, 2.75) is 38.6 Å². The number of hydrogen-bond acceptors (Lipinski definition) is 2. The summed E-state index contributed by atoms with van der Waals surface area (Å²) >= 11 is 3.35. The highest BCUT2D eigenvalue weighted by Crippen LogP contribution is 2.17. The van der Waals surface area contributed by atoms with Crippen LogP contribution in [0.5, 0.6) is 0 Å². The summed E-state index contributed by atoms with van der Waals surface area (Å²) in [5.41, 5.74) is 7.00. The third-order valence-corrected chi connectivity index (χ3v) is 2.68. The van der Waals surface area contributed by atoms with Gasteiger partial charge in [0.05, 0.1) is 5.69 Å². The van der Waals surface area contributed by atoms with Gasteiger partial charge in [0.2, 0.25) is 0 Å². The molecule has 0 spiro atoms. The van der Waals surface area contributed by atoms with E-state index in [1.54, 1.807) is 0 Å². The second kappa shape index (κ2) is 6.14. The minimum atomic E-state index is 0.0825. The summed E-state index contributed by atoms with van der Waals surface area (Å²) in [5, 5.41) is 0. The van der Waals surface area contributed by atoms with Crippen LogP contribution < -0.4 is 5.73 Å². The van der Waals surface area contributed by atoms with E-state index in [9.17, 15) is 0 Å². The molecule has 0 aliphatic carbocycles. The van der Waals surface area contributed by atoms with Gasteiger partial charge in [0, 0.05) is 6.04 Å². The summed E-state index contributed by atoms with van der Waals surface area (Å²) in [7, 11) is 0. The molecule has 0 aromatic carbocycles. The monoisotopic (exact) mass is 256 g/mol. The molecule has 1 atom stereocenters. The molecular weight excluding hydrogens is 240 g/mol. The molecule has 0 bridgehead atoms. The van der Waals surface area contributed by atoms with Crippen LogP contribution >= 0.6 is 15.9 Å². The number of aromatic nitrogens is 1. The van der Waals surface area contributed by atoms with E-state index in [4.69, 9.17) is 5.73 Å². The third kappa shape index (κ3) is 3.76. The maximum atomic E-state index is 6.02. The zero-order valence-corrected chi connectivity index (χ0v) is 10.1. The van der Waals surface area contributed by atoms with Crippen molar-refractivity contribution >= 4 is 15.9 Å². The van der Waals surface area contributed by atoms with Crippen LogP contribution in [0, 0.1) is 0 Å². The SMILES string of the molecule is CCCCC[C@H](N)c1cccc(Br)n1. The Hall–Kier alpha value is -0.410. The Balaban J connectivity index is 2.47. The van der Waals surface area contributed by atoms with Crippen molar-refractivity contribution in [3.8, 4) is 0 Å². The highest BCUT2D eigenvalue weighted by molar-refractivity contribution is 9.10. The molecule has 0 amide bonds. The number of rotatable bonds is 5. The Morgan fingerprint density at radius 1 is 1.43 bits per heavy atom. The normalized spacial score (nSPS) is 12.8. The van der Waals surface area contributed by atoms with Gasteiger partial charge in [-0.2, -0.15) is 0 Å². The topological polar surface area (TPSA) is 38.9 Å². The van der Waals surface area contributed by atoms with E-state index < -0.39 is 0 Å². The lowest BCUT2D eigenvalue weighted by atomic mass is 10.1. The quantitative estimate of drug-likeness (QED) is 0.648. The summed E-state index contributed by atoms with van der Waals surface area (Å²) in [5.74, 6) is 0. The number of pyridine rings is 1. The Morgan fingerprint density at radius 3 is 2.86 bits per heavy atom. The number of nitrogens with two attached hydrogens (primary N) is 1. The molecular formula is C11H17BrN2. The van der Waals surface area contributed by atoms with Gasteiger partial charge in [-0.3, -0.25) is 0 Å². The first-order valence-corrected chi connectivity index (χ1v) is 5.91. The zero-order chi connectivity index (χ0) is 10.4. The lowest BCUT2D eigenvalue weighted by Gasteiger charge is -2.10. The molecule has 1 rings (SSSR count). The highest BCUT2D eigenvalue weighted by atomic mass is 79.9. The second-order valence-electron chi connectivity index (χ2n) is 3.49. The molecule has 0 fully saturated rings. The predicted octanol–water partition coefficient (Wildman–Crippen LogP) is 3.42. The summed E-state index contributed by atoms with van der Waals surface area (Å²) in [6, 6.07) is 5.97. The number of hydrogen-bond donors (Lipinski definition) is 1. The first kappa shape index (κ1) is 11.7. The fraction of sp³-hybridized carbons (Fsp3) is 0.545. The Morgan fingerprint density at radius 2 is 2.21 bits per heavy atom. The molecule has 1 aromatic heterocycles. The Kier molecular flexibility index (Phi) is 5.12. The molecule has 1 heterocycles. The maximum absolute atomic E-state index is 6.02. The predicted molar refractivity (Wildman–Crippen MR) is 63.0 cm³/mol. The van der Waals surface area contributed by atoms with Gasteiger partial charge in [-0.25, -0.2) is 4.98 Å². The zero-order valence-electron chi connectivity index (χ0n) is 8.54. The summed E-state index contributed by atoms with van der Waals surface area (Å²) in [6.45, 7) is 2.20. The van der Waals surface area contributed by atoms with Crippen molar-refractivity contribution in [3.05, 3.63) is 28.5 Å². The molecule has 0 saturated heterocycles. The molecule has 2 N–H and O–H groups in total. The lowest BCUT2D eigenvalue weighted by molar-refractivity contribution is 0.570. The summed E-state index contributed by atoms with van der Waals surface area (Å²) in [4.78, 5) is 4.34. The van der Waals surface area contributed by atoms with Crippen molar-refractivity contribution in [3.63, 3.8) is 0 Å². The lowest BCUT2D eigenvalue weighted by Crippen LogP contribution is -2.11. The summed E-state index contributed by atoms with van der Waals surface area (Å²) in [6.07, 6.45) is 4.70. The van der Waals surface area contributed by atoms with Crippen LogP contribution in [0.4, 0.5) is 0 Å². The number of halogens is 1. The van der Waals surface area contributed by atoms with Crippen LogP contribution in [0.2, 0.25) is 0 Å². The molecule has 0 unspecified atom stereocenters. The molecule has 0 radical (unpaired) electrons. The van der Waals surface area contributed by atoms with Crippen LogP contribution in [-0.4, -0.2) is 4.98 Å². The van der Waals surface area contributed by atoms with Gasteiger partial charge in [-0.15, -0.1) is 0 Å². The van der Waals surface area contributed by atoms with Crippen LogP contribution in [0.25, 0.3) is 0 Å². The molecule has 78 valence electrons. The fourth-order valence-electron chi connectivity index (χ4n) is 1.39. The van der Waals surface area contributed by atoms with E-state index >= 15 is 0 Å². The molecule has 14 heavy (non-hydrogen) atoms. The Bertz CT molecular complexity index is 276. The average Bonchev–Trinajstić information content (AvgIpc) is 2.18. The molecule has 1 aromatic rings. The van der Waals surface area contributed by atoms with Crippen LogP contribution in [0.15, 0.2) is 22.8 Å². The van der Waals surface area contributed by atoms with Crippen molar-refractivity contribution in [1.82, 2.24) is 4.98 Å². The average molecular weight is 257 g/mol. The van der Waals surface area contributed by atoms with Gasteiger partial charge in [0.15, 0.2) is 0 Å². The molecule has 2 nitrogen and oxygen atoms in total. The van der Waals surface area contributed by atoms with E-state index in [1.807, 2.05) is 18.2 Å². The molecule has 0 aliphatic heterocycles. The standard InChI is InChI=1S/C11H17BrN2/c1-2-3-4-6-9(13)10-7-5-8-11(12)14-10/h5,7-9H,2-4,6,13H2,1H3/t9-/m0/s1. The smallest absolute Gasteiger partial charge is 0.106 e. The van der Waals surface area contributed by atoms with Crippen molar-refractivity contribution in [1.29, 1.82) is 0 Å². The first-order chi connectivity index (χ1) is 6.74. The Labute approximate surface area is 94.0 Å². The van der Waals surface area contributed by atoms with E-state index in [2.05, 4.69) is 27.8 Å². The van der Waals surface area contributed by atoms with Gasteiger partial charge >= 0.3 is 0 Å². The van der Waals surface area contributed by atoms with Crippen LogP contribution in [0.1, 0.15) is 44.3 Å². The highest BCUT2D eigenvalue weighted by Gasteiger charge is 2.06. The van der Waals surface area contributed by atoms with E-state index in [-0.39, 0.29) is 6.04 Å². The minimum Gasteiger partial charge on any atom is -0.323 e. The van der Waals surface area contributed by atoms with E-state index in [0.717, 1.165) is 16.7 Å². The van der Waals surface area contributed by atoms with Gasteiger partial charge in [0.25, 0.3) is 0 Å². The minimum absolute atomic E-state index is 0.0825. The van der Waals surface area contributed by atoms with Gasteiger partial charge in [-0.1, -0.05) is 32.3 Å². The van der Waals surface area contributed by atoms with Crippen molar-refractivity contribution in [2.75, 3.05) is 0 Å². The first-order valence-electron chi connectivity index (χ1n) is 5.12. The van der Waals surface area contributed by atoms with Gasteiger partial charge in [-0.05, 0) is 34.5 Å². The summed E-state index contributed by atoms with van der Waals surface area (Å²) < 4.78 is 0.862. The largest absolute Gasteiger partial charge is 0.323 e. The van der Waals surface area contributed by atoms with E-state index in [1.165, 1.54) is 19.3 Å². The molecule has 0 saturated carbocycles. The maximum Gasteiger partial charge on any atom is 0.106 e. The van der Waals surface area contributed by atoms with E-state index in [0.29, 0.717) is 0 Å². The van der Waals surface area contributed by atoms with Gasteiger partial charge in [0.1, 0.15) is 4.60 Å². The van der Waals surface area contributed by atoms with Gasteiger partial charge < -0.3 is 5.73 Å². The van der Waals surface area contributed by atoms with Crippen molar-refractivity contribution < 1.29 is 0 Å². The molecule has 3 heteroatoms. The third-order valence-electron chi connectivity index (χ3n) is 2.24.